The molecule has 2 atom stereocenters. The molecule has 2 unspecified atom stereocenters. The summed E-state index contributed by atoms with van der Waals surface area (Å²) < 4.78 is 0. The third kappa shape index (κ3) is 4.50. The highest BCUT2D eigenvalue weighted by Crippen LogP contribution is 2.38. The minimum Gasteiger partial charge on any atom is -0.359 e. The standard InChI is InChI=1S/C16H27N3/c1-12(2)9-17-10-15-6-5-7-16(18-15)19(4)11-14-8-13(14)3/h5-7,12-14,17H,8-11H2,1-4H3. The van der Waals surface area contributed by atoms with Crippen molar-refractivity contribution in [2.75, 3.05) is 25.0 Å². The maximum atomic E-state index is 4.74. The smallest absolute Gasteiger partial charge is 0.128 e. The maximum Gasteiger partial charge on any atom is 0.128 e. The molecule has 1 aromatic heterocycles. The van der Waals surface area contributed by atoms with E-state index in [0.29, 0.717) is 5.92 Å². The van der Waals surface area contributed by atoms with Gasteiger partial charge in [-0.05, 0) is 42.9 Å². The van der Waals surface area contributed by atoms with E-state index in [4.69, 9.17) is 4.98 Å². The molecule has 1 N–H and O–H groups in total. The quantitative estimate of drug-likeness (QED) is 0.818. The molecule has 0 bridgehead atoms. The van der Waals surface area contributed by atoms with Crippen LogP contribution in [0.3, 0.4) is 0 Å². The van der Waals surface area contributed by atoms with Crippen LogP contribution in [-0.2, 0) is 6.54 Å². The van der Waals surface area contributed by atoms with Crippen molar-refractivity contribution >= 4 is 5.82 Å². The summed E-state index contributed by atoms with van der Waals surface area (Å²) in [4.78, 5) is 7.03. The number of hydrogen-bond donors (Lipinski definition) is 1. The molecule has 3 nitrogen and oxygen atoms in total. The second-order valence-electron chi connectivity index (χ2n) is 6.37. The van der Waals surface area contributed by atoms with Crippen LogP contribution in [0.25, 0.3) is 0 Å². The highest BCUT2D eigenvalue weighted by Gasteiger charge is 2.33. The first-order valence-electron chi connectivity index (χ1n) is 7.44. The number of nitrogens with zero attached hydrogens (tertiary/aromatic N) is 2. The SMILES string of the molecule is CC(C)CNCc1cccc(N(C)CC2CC2C)n1. The molecule has 3 heteroatoms. The average molecular weight is 261 g/mol. The lowest BCUT2D eigenvalue weighted by atomic mass is 10.2. The Morgan fingerprint density at radius 1 is 1.42 bits per heavy atom. The summed E-state index contributed by atoms with van der Waals surface area (Å²) in [5, 5.41) is 3.45. The van der Waals surface area contributed by atoms with Gasteiger partial charge < -0.3 is 10.2 Å². The van der Waals surface area contributed by atoms with Crippen LogP contribution < -0.4 is 10.2 Å². The van der Waals surface area contributed by atoms with Crippen LogP contribution in [0.5, 0.6) is 0 Å². The van der Waals surface area contributed by atoms with E-state index in [2.05, 4.69) is 56.2 Å². The molecular weight excluding hydrogens is 234 g/mol. The normalized spacial score (nSPS) is 21.7. The summed E-state index contributed by atoms with van der Waals surface area (Å²) >= 11 is 0. The molecule has 0 spiro atoms. The Kier molecular flexibility index (Phi) is 4.81. The van der Waals surface area contributed by atoms with E-state index in [1.54, 1.807) is 0 Å². The molecule has 1 saturated carbocycles. The van der Waals surface area contributed by atoms with Crippen molar-refractivity contribution in [1.82, 2.24) is 10.3 Å². The Labute approximate surface area is 117 Å². The van der Waals surface area contributed by atoms with Gasteiger partial charge in [-0.15, -0.1) is 0 Å². The fourth-order valence-electron chi connectivity index (χ4n) is 2.37. The summed E-state index contributed by atoms with van der Waals surface area (Å²) in [6.07, 6.45) is 1.37. The molecule has 1 fully saturated rings. The molecule has 1 aliphatic rings. The van der Waals surface area contributed by atoms with Gasteiger partial charge in [0.25, 0.3) is 0 Å². The Balaban J connectivity index is 1.86. The van der Waals surface area contributed by atoms with Gasteiger partial charge in [0.05, 0.1) is 5.69 Å². The minimum absolute atomic E-state index is 0.683. The van der Waals surface area contributed by atoms with E-state index in [1.165, 1.54) is 6.42 Å². The van der Waals surface area contributed by atoms with Gasteiger partial charge in [0.1, 0.15) is 5.82 Å². The van der Waals surface area contributed by atoms with E-state index in [0.717, 1.165) is 43.0 Å². The van der Waals surface area contributed by atoms with Crippen molar-refractivity contribution in [3.05, 3.63) is 23.9 Å². The van der Waals surface area contributed by atoms with Gasteiger partial charge in [-0.3, -0.25) is 0 Å². The summed E-state index contributed by atoms with van der Waals surface area (Å²) in [7, 11) is 2.15. The first-order chi connectivity index (χ1) is 9.06. The summed E-state index contributed by atoms with van der Waals surface area (Å²) in [5.41, 5.74) is 1.13. The van der Waals surface area contributed by atoms with Gasteiger partial charge >= 0.3 is 0 Å². The van der Waals surface area contributed by atoms with Crippen LogP contribution in [0, 0.1) is 17.8 Å². The van der Waals surface area contributed by atoms with Crippen LogP contribution in [0.15, 0.2) is 18.2 Å². The third-order valence-electron chi connectivity index (χ3n) is 3.83. The lowest BCUT2D eigenvalue weighted by Gasteiger charge is -2.19. The molecule has 0 radical (unpaired) electrons. The van der Waals surface area contributed by atoms with Crippen LogP contribution in [0.4, 0.5) is 5.82 Å². The zero-order valence-corrected chi connectivity index (χ0v) is 12.7. The Hall–Kier alpha value is -1.09. The highest BCUT2D eigenvalue weighted by atomic mass is 15.2. The number of rotatable bonds is 7. The van der Waals surface area contributed by atoms with Crippen molar-refractivity contribution in [2.45, 2.75) is 33.7 Å². The lowest BCUT2D eigenvalue weighted by Crippen LogP contribution is -2.23. The minimum atomic E-state index is 0.683. The predicted octanol–water partition coefficient (Wildman–Crippen LogP) is 2.92. The number of aromatic nitrogens is 1. The Morgan fingerprint density at radius 3 is 2.79 bits per heavy atom. The van der Waals surface area contributed by atoms with Crippen molar-refractivity contribution < 1.29 is 0 Å². The highest BCUT2D eigenvalue weighted by molar-refractivity contribution is 5.38. The van der Waals surface area contributed by atoms with Crippen LogP contribution in [-0.4, -0.2) is 25.1 Å². The monoisotopic (exact) mass is 261 g/mol. The van der Waals surface area contributed by atoms with Gasteiger partial charge in [-0.2, -0.15) is 0 Å². The van der Waals surface area contributed by atoms with E-state index < -0.39 is 0 Å². The fourth-order valence-corrected chi connectivity index (χ4v) is 2.37. The predicted molar refractivity (Wildman–Crippen MR) is 81.3 cm³/mol. The average Bonchev–Trinajstić information content (AvgIpc) is 3.05. The molecule has 1 heterocycles. The molecule has 0 amide bonds. The van der Waals surface area contributed by atoms with E-state index in [-0.39, 0.29) is 0 Å². The van der Waals surface area contributed by atoms with Gasteiger partial charge in [-0.25, -0.2) is 4.98 Å². The Morgan fingerprint density at radius 2 is 2.16 bits per heavy atom. The number of nitrogens with one attached hydrogen (secondary N) is 1. The van der Waals surface area contributed by atoms with Gasteiger partial charge in [0.2, 0.25) is 0 Å². The topological polar surface area (TPSA) is 28.2 Å². The van der Waals surface area contributed by atoms with E-state index >= 15 is 0 Å². The second kappa shape index (κ2) is 6.38. The molecule has 1 aromatic rings. The van der Waals surface area contributed by atoms with Crippen molar-refractivity contribution in [1.29, 1.82) is 0 Å². The zero-order valence-electron chi connectivity index (χ0n) is 12.7. The number of pyridine rings is 1. The maximum absolute atomic E-state index is 4.74. The second-order valence-corrected chi connectivity index (χ2v) is 6.37. The largest absolute Gasteiger partial charge is 0.359 e. The van der Waals surface area contributed by atoms with Crippen molar-refractivity contribution in [3.8, 4) is 0 Å². The molecule has 0 aromatic carbocycles. The van der Waals surface area contributed by atoms with Gasteiger partial charge in [-0.1, -0.05) is 26.8 Å². The molecule has 1 aliphatic carbocycles. The van der Waals surface area contributed by atoms with Crippen LogP contribution >= 0.6 is 0 Å². The van der Waals surface area contributed by atoms with Gasteiger partial charge in [0, 0.05) is 20.1 Å². The molecule has 0 saturated heterocycles. The first-order valence-corrected chi connectivity index (χ1v) is 7.44. The van der Waals surface area contributed by atoms with Crippen LogP contribution in [0.1, 0.15) is 32.9 Å². The number of hydrogen-bond acceptors (Lipinski definition) is 3. The summed E-state index contributed by atoms with van der Waals surface area (Å²) in [5.74, 6) is 3.55. The lowest BCUT2D eigenvalue weighted by molar-refractivity contribution is 0.548. The van der Waals surface area contributed by atoms with Gasteiger partial charge in [0.15, 0.2) is 0 Å². The molecule has 2 rings (SSSR count). The molecule has 0 aliphatic heterocycles. The van der Waals surface area contributed by atoms with Crippen molar-refractivity contribution in [2.24, 2.45) is 17.8 Å². The summed E-state index contributed by atoms with van der Waals surface area (Å²) in [6.45, 7) is 9.82. The van der Waals surface area contributed by atoms with Crippen molar-refractivity contribution in [3.63, 3.8) is 0 Å². The molecule has 106 valence electrons. The van der Waals surface area contributed by atoms with E-state index in [1.807, 2.05) is 0 Å². The summed E-state index contributed by atoms with van der Waals surface area (Å²) in [6, 6.07) is 6.32. The Bertz CT molecular complexity index is 403. The third-order valence-corrected chi connectivity index (χ3v) is 3.83. The number of anilines is 1. The van der Waals surface area contributed by atoms with Crippen LogP contribution in [0.2, 0.25) is 0 Å². The molecular formula is C16H27N3. The molecule has 19 heavy (non-hydrogen) atoms. The first kappa shape index (κ1) is 14.3. The fraction of sp³-hybridized carbons (Fsp3) is 0.688. The van der Waals surface area contributed by atoms with E-state index in [9.17, 15) is 0 Å². The zero-order chi connectivity index (χ0) is 13.8.